The van der Waals surface area contributed by atoms with E-state index in [0.29, 0.717) is 35.9 Å². The van der Waals surface area contributed by atoms with Gasteiger partial charge < -0.3 is 21.1 Å². The van der Waals surface area contributed by atoms with Crippen molar-refractivity contribution in [2.24, 2.45) is 0 Å². The first-order valence-corrected chi connectivity index (χ1v) is 12.0. The Morgan fingerprint density at radius 2 is 2.00 bits per heavy atom. The van der Waals surface area contributed by atoms with Crippen LogP contribution in [0.5, 0.6) is 5.75 Å². The number of hydrogen-bond donors (Lipinski definition) is 3. The van der Waals surface area contributed by atoms with Gasteiger partial charge >= 0.3 is 0 Å². The molecule has 0 spiro atoms. The molecule has 0 atom stereocenters. The van der Waals surface area contributed by atoms with Gasteiger partial charge in [0, 0.05) is 24.2 Å². The summed E-state index contributed by atoms with van der Waals surface area (Å²) < 4.78 is 7.22. The number of rotatable bonds is 6. The van der Waals surface area contributed by atoms with Crippen molar-refractivity contribution in [3.8, 4) is 5.75 Å². The van der Waals surface area contributed by atoms with Gasteiger partial charge in [-0.2, -0.15) is 0 Å². The molecule has 180 valence electrons. The second-order valence-corrected chi connectivity index (χ2v) is 8.83. The number of anilines is 1. The van der Waals surface area contributed by atoms with Crippen LogP contribution in [-0.2, 0) is 11.3 Å². The average molecular weight is 471 g/mol. The number of fused-ring (bicyclic) bond motifs is 1. The van der Waals surface area contributed by atoms with Crippen molar-refractivity contribution in [3.63, 3.8) is 0 Å². The second-order valence-electron chi connectivity index (χ2n) is 8.83. The largest absolute Gasteiger partial charge is 0.497 e. The standard InChI is InChI=1S/C27H30N6O2/c1-35-22-9-5-18(6-10-22)15-31-27(34)21-4-2-3-20(7-8-21)24-16-30-25(28)26-32-23(17-33(24)26)19-11-13-29-14-12-19/h3-10,16-17,19,29H,2,11-15H2,1H3,(H2,28,30)(H,31,34). The molecule has 3 heterocycles. The third kappa shape index (κ3) is 4.97. The predicted octanol–water partition coefficient (Wildman–Crippen LogP) is 3.37. The van der Waals surface area contributed by atoms with Crippen molar-refractivity contribution in [3.05, 3.63) is 83.5 Å². The molecule has 8 nitrogen and oxygen atoms in total. The molecule has 1 aromatic carbocycles. The normalized spacial score (nSPS) is 16.5. The summed E-state index contributed by atoms with van der Waals surface area (Å²) in [6, 6.07) is 7.66. The summed E-state index contributed by atoms with van der Waals surface area (Å²) in [5, 5.41) is 6.40. The number of nitrogens with two attached hydrogens (primary N) is 1. The summed E-state index contributed by atoms with van der Waals surface area (Å²) in [5.74, 6) is 1.52. The van der Waals surface area contributed by atoms with Crippen LogP contribution < -0.4 is 21.1 Å². The van der Waals surface area contributed by atoms with Gasteiger partial charge in [0.2, 0.25) is 0 Å². The molecule has 2 aliphatic rings. The lowest BCUT2D eigenvalue weighted by molar-refractivity contribution is -0.117. The number of hydrogen-bond acceptors (Lipinski definition) is 6. The fourth-order valence-electron chi connectivity index (χ4n) is 4.56. The minimum absolute atomic E-state index is 0.108. The van der Waals surface area contributed by atoms with Crippen LogP contribution >= 0.6 is 0 Å². The van der Waals surface area contributed by atoms with E-state index < -0.39 is 0 Å². The summed E-state index contributed by atoms with van der Waals surface area (Å²) in [7, 11) is 1.63. The molecule has 0 radical (unpaired) electrons. The Kier molecular flexibility index (Phi) is 6.63. The highest BCUT2D eigenvalue weighted by Gasteiger charge is 2.20. The maximum absolute atomic E-state index is 12.8. The average Bonchev–Trinajstić information content (AvgIpc) is 3.21. The van der Waals surface area contributed by atoms with E-state index in [1.165, 1.54) is 0 Å². The molecule has 1 aliphatic carbocycles. The number of amides is 1. The molecule has 8 heteroatoms. The highest BCUT2D eigenvalue weighted by atomic mass is 16.5. The fraction of sp³-hybridized carbons (Fsp3) is 0.296. The van der Waals surface area contributed by atoms with Crippen molar-refractivity contribution < 1.29 is 9.53 Å². The van der Waals surface area contributed by atoms with Crippen molar-refractivity contribution >= 4 is 22.9 Å². The molecule has 1 saturated heterocycles. The van der Waals surface area contributed by atoms with Crippen LogP contribution in [0.3, 0.4) is 0 Å². The van der Waals surface area contributed by atoms with Gasteiger partial charge in [-0.25, -0.2) is 9.97 Å². The first-order valence-electron chi connectivity index (χ1n) is 12.0. The summed E-state index contributed by atoms with van der Waals surface area (Å²) in [6.45, 7) is 2.45. The molecule has 0 bridgehead atoms. The van der Waals surface area contributed by atoms with Crippen LogP contribution in [0, 0.1) is 0 Å². The SMILES string of the molecule is COc1ccc(CNC(=O)C2=CCC=C(c3cnc(N)c4nc(C5CCNCC5)cn34)C=C2)cc1. The lowest BCUT2D eigenvalue weighted by atomic mass is 9.95. The molecule has 0 unspecified atom stereocenters. The van der Waals surface area contributed by atoms with Crippen LogP contribution in [-0.4, -0.2) is 40.5 Å². The Labute approximate surface area is 204 Å². The van der Waals surface area contributed by atoms with Crippen LogP contribution in [0.1, 0.15) is 42.1 Å². The number of nitrogens with zero attached hydrogens (tertiary/aromatic N) is 3. The van der Waals surface area contributed by atoms with Crippen LogP contribution in [0.4, 0.5) is 5.82 Å². The zero-order chi connectivity index (χ0) is 24.2. The number of piperidine rings is 1. The minimum atomic E-state index is -0.108. The molecule has 4 N–H and O–H groups in total. The molecule has 35 heavy (non-hydrogen) atoms. The number of benzene rings is 1. The number of nitrogens with one attached hydrogen (secondary N) is 2. The predicted molar refractivity (Wildman–Crippen MR) is 137 cm³/mol. The molecule has 2 aromatic heterocycles. The summed E-state index contributed by atoms with van der Waals surface area (Å²) >= 11 is 0. The quantitative estimate of drug-likeness (QED) is 0.510. The maximum Gasteiger partial charge on any atom is 0.251 e. The van der Waals surface area contributed by atoms with Gasteiger partial charge in [0.1, 0.15) is 5.75 Å². The highest BCUT2D eigenvalue weighted by Crippen LogP contribution is 2.29. The van der Waals surface area contributed by atoms with Gasteiger partial charge in [-0.1, -0.05) is 30.4 Å². The Morgan fingerprint density at radius 1 is 1.20 bits per heavy atom. The van der Waals surface area contributed by atoms with E-state index >= 15 is 0 Å². The number of carbonyl (C=O) groups is 1. The Hall–Kier alpha value is -3.91. The topological polar surface area (TPSA) is 107 Å². The van der Waals surface area contributed by atoms with E-state index in [-0.39, 0.29) is 5.91 Å². The molecule has 1 amide bonds. The number of ether oxygens (including phenoxy) is 1. The van der Waals surface area contributed by atoms with E-state index in [1.807, 2.05) is 46.9 Å². The number of nitrogen functional groups attached to an aromatic ring is 1. The van der Waals surface area contributed by atoms with Crippen molar-refractivity contribution in [1.29, 1.82) is 0 Å². The first-order chi connectivity index (χ1) is 17.1. The van der Waals surface area contributed by atoms with Gasteiger partial charge in [0.05, 0.1) is 24.7 Å². The molecular formula is C27H30N6O2. The van der Waals surface area contributed by atoms with E-state index in [1.54, 1.807) is 13.3 Å². The van der Waals surface area contributed by atoms with Gasteiger partial charge in [0.15, 0.2) is 11.5 Å². The number of aromatic nitrogens is 3. The zero-order valence-electron chi connectivity index (χ0n) is 19.8. The van der Waals surface area contributed by atoms with Crippen LogP contribution in [0.15, 0.2) is 66.5 Å². The number of allylic oxidation sites excluding steroid dienone is 4. The number of carbonyl (C=O) groups excluding carboxylic acids is 1. The van der Waals surface area contributed by atoms with E-state index in [9.17, 15) is 4.79 Å². The molecule has 1 aliphatic heterocycles. The maximum atomic E-state index is 12.8. The number of methoxy groups -OCH3 is 1. The van der Waals surface area contributed by atoms with E-state index in [4.69, 9.17) is 15.5 Å². The lowest BCUT2D eigenvalue weighted by Crippen LogP contribution is -2.26. The van der Waals surface area contributed by atoms with Gasteiger partial charge in [-0.05, 0) is 61.7 Å². The van der Waals surface area contributed by atoms with E-state index in [2.05, 4.69) is 27.9 Å². The van der Waals surface area contributed by atoms with Gasteiger partial charge in [-0.3, -0.25) is 9.20 Å². The first kappa shape index (κ1) is 22.9. The minimum Gasteiger partial charge on any atom is -0.497 e. The van der Waals surface area contributed by atoms with Gasteiger partial charge in [-0.15, -0.1) is 0 Å². The monoisotopic (exact) mass is 470 g/mol. The molecule has 5 rings (SSSR count). The van der Waals surface area contributed by atoms with Crippen molar-refractivity contribution in [2.75, 3.05) is 25.9 Å². The molecule has 0 saturated carbocycles. The number of imidazole rings is 1. The van der Waals surface area contributed by atoms with Crippen molar-refractivity contribution in [1.82, 2.24) is 25.0 Å². The Bertz CT molecular complexity index is 1310. The zero-order valence-corrected chi connectivity index (χ0v) is 19.8. The van der Waals surface area contributed by atoms with E-state index in [0.717, 1.165) is 54.2 Å². The Morgan fingerprint density at radius 3 is 2.77 bits per heavy atom. The summed E-state index contributed by atoms with van der Waals surface area (Å²) in [4.78, 5) is 22.0. The smallest absolute Gasteiger partial charge is 0.251 e. The summed E-state index contributed by atoms with van der Waals surface area (Å²) in [6.07, 6.45) is 14.5. The van der Waals surface area contributed by atoms with Crippen LogP contribution in [0.25, 0.3) is 11.2 Å². The molecule has 3 aromatic rings. The van der Waals surface area contributed by atoms with Crippen LogP contribution in [0.2, 0.25) is 0 Å². The second kappa shape index (κ2) is 10.1. The highest BCUT2D eigenvalue weighted by molar-refractivity contribution is 5.97. The summed E-state index contributed by atoms with van der Waals surface area (Å²) in [5.41, 5.74) is 11.4. The lowest BCUT2D eigenvalue weighted by Gasteiger charge is -2.20. The molecular weight excluding hydrogens is 440 g/mol. The fourth-order valence-corrected chi connectivity index (χ4v) is 4.56. The molecule has 1 fully saturated rings. The Balaban J connectivity index is 1.32. The van der Waals surface area contributed by atoms with Gasteiger partial charge in [0.25, 0.3) is 5.91 Å². The third-order valence-electron chi connectivity index (χ3n) is 6.58. The third-order valence-corrected chi connectivity index (χ3v) is 6.58. The van der Waals surface area contributed by atoms with Crippen molar-refractivity contribution in [2.45, 2.75) is 31.7 Å².